The summed E-state index contributed by atoms with van der Waals surface area (Å²) < 4.78 is 8.35. The molecule has 3 aromatic rings. The van der Waals surface area contributed by atoms with Gasteiger partial charge >= 0.3 is 0 Å². The zero-order valence-electron chi connectivity index (χ0n) is 13.6. The lowest BCUT2D eigenvalue weighted by Gasteiger charge is -2.24. The molecule has 0 N–H and O–H groups in total. The van der Waals surface area contributed by atoms with Gasteiger partial charge in [-0.1, -0.05) is 30.3 Å². The second-order valence-electron chi connectivity index (χ2n) is 6.52. The van der Waals surface area contributed by atoms with Crippen molar-refractivity contribution in [3.05, 3.63) is 54.4 Å². The predicted molar refractivity (Wildman–Crippen MR) is 88.9 cm³/mol. The van der Waals surface area contributed by atoms with Crippen LogP contribution in [0.1, 0.15) is 5.69 Å². The number of pyridine rings is 1. The summed E-state index contributed by atoms with van der Waals surface area (Å²) in [7, 11) is 8.26. The molecule has 0 bridgehead atoms. The average Bonchev–Trinajstić information content (AvgIpc) is 2.84. The Bertz CT molecular complexity index is 785. The molecular weight excluding hydrogens is 274 g/mol. The topological polar surface area (TPSA) is 26.5 Å². The Kier molecular flexibility index (Phi) is 3.62. The molecule has 4 nitrogen and oxygen atoms in total. The van der Waals surface area contributed by atoms with E-state index in [2.05, 4.69) is 49.8 Å². The number of rotatable bonds is 4. The van der Waals surface area contributed by atoms with Crippen LogP contribution in [0.2, 0.25) is 0 Å². The molecule has 0 aliphatic carbocycles. The van der Waals surface area contributed by atoms with Crippen LogP contribution in [0, 0.1) is 0 Å². The first-order chi connectivity index (χ1) is 10.5. The molecule has 0 aliphatic heterocycles. The summed E-state index contributed by atoms with van der Waals surface area (Å²) in [5, 5.41) is 0. The number of nitrogens with zero attached hydrogens (tertiary/aromatic N) is 3. The maximum atomic E-state index is 5.37. The number of methoxy groups -OCH3 is 1. The monoisotopic (exact) mass is 296 g/mol. The summed E-state index contributed by atoms with van der Waals surface area (Å²) >= 11 is 0. The Balaban J connectivity index is 2.24. The number of hydrogen-bond acceptors (Lipinski definition) is 2. The quantitative estimate of drug-likeness (QED) is 0.691. The van der Waals surface area contributed by atoms with Crippen molar-refractivity contribution in [1.29, 1.82) is 0 Å². The molecule has 0 unspecified atom stereocenters. The minimum atomic E-state index is 0.838. The molecule has 0 saturated heterocycles. The molecule has 0 saturated carbocycles. The fourth-order valence-electron chi connectivity index (χ4n) is 2.62. The SMILES string of the molecule is COc1ccc2nc(-c3ccccc3)c(C[N+](C)(C)C)n2c1. The molecule has 0 fully saturated rings. The van der Waals surface area contributed by atoms with Crippen LogP contribution in [-0.2, 0) is 6.54 Å². The first kappa shape index (κ1) is 14.6. The van der Waals surface area contributed by atoms with E-state index in [0.29, 0.717) is 0 Å². The maximum Gasteiger partial charge on any atom is 0.138 e. The Morgan fingerprint density at radius 2 is 1.77 bits per heavy atom. The van der Waals surface area contributed by atoms with Gasteiger partial charge in [0.15, 0.2) is 0 Å². The van der Waals surface area contributed by atoms with Gasteiger partial charge in [0.2, 0.25) is 0 Å². The van der Waals surface area contributed by atoms with E-state index in [-0.39, 0.29) is 0 Å². The van der Waals surface area contributed by atoms with E-state index in [1.54, 1.807) is 7.11 Å². The van der Waals surface area contributed by atoms with E-state index in [1.165, 1.54) is 5.69 Å². The summed E-state index contributed by atoms with van der Waals surface area (Å²) in [4.78, 5) is 4.84. The second kappa shape index (κ2) is 5.46. The van der Waals surface area contributed by atoms with E-state index in [4.69, 9.17) is 9.72 Å². The Morgan fingerprint density at radius 1 is 1.05 bits per heavy atom. The van der Waals surface area contributed by atoms with Crippen molar-refractivity contribution in [2.24, 2.45) is 0 Å². The molecule has 0 amide bonds. The van der Waals surface area contributed by atoms with Crippen molar-refractivity contribution < 1.29 is 9.22 Å². The largest absolute Gasteiger partial charge is 0.495 e. The van der Waals surface area contributed by atoms with E-state index < -0.39 is 0 Å². The van der Waals surface area contributed by atoms with Gasteiger partial charge in [-0.3, -0.25) is 4.40 Å². The lowest BCUT2D eigenvalue weighted by molar-refractivity contribution is -0.884. The number of imidazole rings is 1. The average molecular weight is 296 g/mol. The van der Waals surface area contributed by atoms with Crippen molar-refractivity contribution in [2.45, 2.75) is 6.54 Å². The molecule has 0 spiro atoms. The number of ether oxygens (including phenoxy) is 1. The molecular formula is C18H22N3O+. The van der Waals surface area contributed by atoms with Crippen molar-refractivity contribution >= 4 is 5.65 Å². The van der Waals surface area contributed by atoms with Crippen LogP contribution in [0.4, 0.5) is 0 Å². The molecule has 0 radical (unpaired) electrons. The fourth-order valence-corrected chi connectivity index (χ4v) is 2.62. The van der Waals surface area contributed by atoms with Gasteiger partial charge in [0.1, 0.15) is 23.6 Å². The number of benzene rings is 1. The third-order valence-electron chi connectivity index (χ3n) is 3.60. The van der Waals surface area contributed by atoms with E-state index in [1.807, 2.05) is 24.4 Å². The first-order valence-electron chi connectivity index (χ1n) is 7.39. The van der Waals surface area contributed by atoms with E-state index in [9.17, 15) is 0 Å². The molecule has 0 aliphatic rings. The van der Waals surface area contributed by atoms with Crippen molar-refractivity contribution in [1.82, 2.24) is 9.38 Å². The molecule has 0 atom stereocenters. The van der Waals surface area contributed by atoms with Gasteiger partial charge in [-0.2, -0.15) is 0 Å². The van der Waals surface area contributed by atoms with Crippen LogP contribution in [0.3, 0.4) is 0 Å². The Labute approximate surface area is 131 Å². The van der Waals surface area contributed by atoms with Crippen molar-refractivity contribution in [2.75, 3.05) is 28.3 Å². The minimum absolute atomic E-state index is 0.838. The minimum Gasteiger partial charge on any atom is -0.495 e. The number of hydrogen-bond donors (Lipinski definition) is 0. The molecule has 1 aromatic carbocycles. The number of quaternary nitrogens is 1. The van der Waals surface area contributed by atoms with Crippen LogP contribution in [0.15, 0.2) is 48.7 Å². The summed E-state index contributed by atoms with van der Waals surface area (Å²) in [6, 6.07) is 14.3. The summed E-state index contributed by atoms with van der Waals surface area (Å²) in [5.41, 5.74) is 4.34. The smallest absolute Gasteiger partial charge is 0.138 e. The summed E-state index contributed by atoms with van der Waals surface area (Å²) in [6.45, 7) is 0.887. The zero-order valence-corrected chi connectivity index (χ0v) is 13.6. The third-order valence-corrected chi connectivity index (χ3v) is 3.60. The van der Waals surface area contributed by atoms with Gasteiger partial charge in [0.25, 0.3) is 0 Å². The highest BCUT2D eigenvalue weighted by Gasteiger charge is 2.20. The summed E-state index contributed by atoms with van der Waals surface area (Å²) in [6.07, 6.45) is 2.01. The number of aromatic nitrogens is 2. The van der Waals surface area contributed by atoms with Gasteiger partial charge in [0.05, 0.1) is 40.1 Å². The molecule has 2 heterocycles. The van der Waals surface area contributed by atoms with E-state index >= 15 is 0 Å². The Morgan fingerprint density at radius 3 is 2.41 bits per heavy atom. The van der Waals surface area contributed by atoms with Crippen molar-refractivity contribution in [3.63, 3.8) is 0 Å². The van der Waals surface area contributed by atoms with Gasteiger partial charge in [-0.05, 0) is 12.1 Å². The standard InChI is InChI=1S/C18H22N3O/c1-21(2,3)13-16-18(14-8-6-5-7-9-14)19-17-11-10-15(22-4)12-20(16)17/h5-12H,13H2,1-4H3/q+1. The molecule has 22 heavy (non-hydrogen) atoms. The predicted octanol–water partition coefficient (Wildman–Crippen LogP) is 3.22. The van der Waals surface area contributed by atoms with E-state index in [0.717, 1.165) is 33.7 Å². The normalized spacial score (nSPS) is 11.8. The first-order valence-corrected chi connectivity index (χ1v) is 7.39. The zero-order chi connectivity index (χ0) is 15.7. The molecule has 4 heteroatoms. The van der Waals surface area contributed by atoms with Gasteiger partial charge in [0, 0.05) is 5.56 Å². The van der Waals surface area contributed by atoms with Gasteiger partial charge in [-0.25, -0.2) is 4.98 Å². The second-order valence-corrected chi connectivity index (χ2v) is 6.52. The van der Waals surface area contributed by atoms with Crippen LogP contribution in [0.5, 0.6) is 5.75 Å². The number of fused-ring (bicyclic) bond motifs is 1. The molecule has 114 valence electrons. The fraction of sp³-hybridized carbons (Fsp3) is 0.278. The van der Waals surface area contributed by atoms with Gasteiger partial charge in [-0.15, -0.1) is 0 Å². The van der Waals surface area contributed by atoms with Crippen LogP contribution in [0.25, 0.3) is 16.9 Å². The highest BCUT2D eigenvalue weighted by Crippen LogP contribution is 2.27. The lowest BCUT2D eigenvalue weighted by atomic mass is 10.1. The van der Waals surface area contributed by atoms with Crippen molar-refractivity contribution in [3.8, 4) is 17.0 Å². The molecule has 2 aromatic heterocycles. The molecule has 3 rings (SSSR count). The maximum absolute atomic E-state index is 5.37. The van der Waals surface area contributed by atoms with Crippen LogP contribution < -0.4 is 4.74 Å². The lowest BCUT2D eigenvalue weighted by Crippen LogP contribution is -2.34. The highest BCUT2D eigenvalue weighted by atomic mass is 16.5. The van der Waals surface area contributed by atoms with Gasteiger partial charge < -0.3 is 9.22 Å². The van der Waals surface area contributed by atoms with Crippen LogP contribution in [-0.4, -0.2) is 42.1 Å². The summed E-state index contributed by atoms with van der Waals surface area (Å²) in [5.74, 6) is 0.840. The third kappa shape index (κ3) is 2.83. The highest BCUT2D eigenvalue weighted by molar-refractivity contribution is 5.66. The van der Waals surface area contributed by atoms with Crippen LogP contribution >= 0.6 is 0 Å². The Hall–Kier alpha value is -2.33.